The van der Waals surface area contributed by atoms with Crippen molar-refractivity contribution < 1.29 is 19.1 Å². The lowest BCUT2D eigenvalue weighted by molar-refractivity contribution is -0.143. The van der Waals surface area contributed by atoms with Gasteiger partial charge in [-0.2, -0.15) is 0 Å². The highest BCUT2D eigenvalue weighted by atomic mass is 16.5. The van der Waals surface area contributed by atoms with Gasteiger partial charge in [-0.1, -0.05) is 24.3 Å². The van der Waals surface area contributed by atoms with Gasteiger partial charge in [-0.25, -0.2) is 0 Å². The maximum Gasteiger partial charge on any atom is 0.240 e. The van der Waals surface area contributed by atoms with Crippen LogP contribution in [-0.2, 0) is 20.9 Å². The van der Waals surface area contributed by atoms with Gasteiger partial charge in [0.25, 0.3) is 0 Å². The van der Waals surface area contributed by atoms with Gasteiger partial charge < -0.3 is 10.1 Å². The van der Waals surface area contributed by atoms with Crippen LogP contribution in [0.25, 0.3) is 0 Å². The van der Waals surface area contributed by atoms with E-state index in [-0.39, 0.29) is 36.1 Å². The topological polar surface area (TPSA) is 75.7 Å². The number of imide groups is 1. The minimum absolute atomic E-state index is 0.214. The molecule has 1 fully saturated rings. The molecule has 2 aliphatic rings. The average Bonchev–Trinajstić information content (AvgIpc) is 2.85. The Hall–Kier alpha value is -2.63. The molecule has 3 amide bonds. The van der Waals surface area contributed by atoms with Gasteiger partial charge in [0.1, 0.15) is 12.3 Å². The molecule has 1 aromatic rings. The normalized spacial score (nSPS) is 22.5. The molecule has 1 aliphatic heterocycles. The van der Waals surface area contributed by atoms with Crippen LogP contribution in [0.15, 0.2) is 36.4 Å². The van der Waals surface area contributed by atoms with Crippen LogP contribution in [0.4, 0.5) is 0 Å². The van der Waals surface area contributed by atoms with Gasteiger partial charge in [0.15, 0.2) is 0 Å². The number of ether oxygens (including phenoxy) is 1. The zero-order valence-electron chi connectivity index (χ0n) is 13.5. The Labute approximate surface area is 140 Å². The lowest BCUT2D eigenvalue weighted by Gasteiger charge is -2.14. The van der Waals surface area contributed by atoms with E-state index in [1.807, 2.05) is 36.4 Å². The number of fused-ring (bicyclic) bond motifs is 1. The second kappa shape index (κ2) is 6.86. The van der Waals surface area contributed by atoms with Crippen molar-refractivity contribution >= 4 is 17.7 Å². The van der Waals surface area contributed by atoms with E-state index < -0.39 is 0 Å². The summed E-state index contributed by atoms with van der Waals surface area (Å²) in [6, 6.07) is 7.36. The highest BCUT2D eigenvalue weighted by molar-refractivity contribution is 6.07. The minimum atomic E-state index is -0.342. The molecule has 24 heavy (non-hydrogen) atoms. The van der Waals surface area contributed by atoms with Crippen LogP contribution in [0.3, 0.4) is 0 Å². The van der Waals surface area contributed by atoms with E-state index in [0.717, 1.165) is 10.5 Å². The zero-order chi connectivity index (χ0) is 17.1. The standard InChI is InChI=1S/C18H20N2O4/c1-24-13-6-4-5-12(9-13)10-19-16(21)11-20-17(22)14-7-2-3-8-15(14)18(20)23/h2-6,9,14-15H,7-8,10-11H2,1H3,(H,19,21)/t14-,15-/m0/s1. The van der Waals surface area contributed by atoms with Crippen LogP contribution < -0.4 is 10.1 Å². The number of nitrogens with one attached hydrogen (secondary N) is 1. The summed E-state index contributed by atoms with van der Waals surface area (Å²) < 4.78 is 5.14. The van der Waals surface area contributed by atoms with Crippen molar-refractivity contribution in [1.29, 1.82) is 0 Å². The van der Waals surface area contributed by atoms with E-state index in [1.165, 1.54) is 0 Å². The highest BCUT2D eigenvalue weighted by Crippen LogP contribution is 2.34. The van der Waals surface area contributed by atoms with Crippen LogP contribution in [0.5, 0.6) is 5.75 Å². The van der Waals surface area contributed by atoms with Gasteiger partial charge in [0.05, 0.1) is 18.9 Å². The Morgan fingerprint density at radius 2 is 1.88 bits per heavy atom. The number of carbonyl (C=O) groups is 3. The highest BCUT2D eigenvalue weighted by Gasteiger charge is 2.47. The molecule has 6 nitrogen and oxygen atoms in total. The number of carbonyl (C=O) groups excluding carboxylic acids is 3. The van der Waals surface area contributed by atoms with E-state index in [4.69, 9.17) is 4.74 Å². The number of likely N-dealkylation sites (tertiary alicyclic amines) is 1. The van der Waals surface area contributed by atoms with Gasteiger partial charge in [0.2, 0.25) is 17.7 Å². The fourth-order valence-electron chi connectivity index (χ4n) is 3.21. The second-order valence-electron chi connectivity index (χ2n) is 6.05. The number of allylic oxidation sites excluding steroid dienone is 2. The van der Waals surface area contributed by atoms with Crippen LogP contribution >= 0.6 is 0 Å². The third-order valence-electron chi connectivity index (χ3n) is 4.52. The Balaban J connectivity index is 1.57. The van der Waals surface area contributed by atoms with Crippen molar-refractivity contribution in [2.24, 2.45) is 11.8 Å². The summed E-state index contributed by atoms with van der Waals surface area (Å²) in [7, 11) is 1.58. The maximum absolute atomic E-state index is 12.3. The zero-order valence-corrected chi connectivity index (χ0v) is 13.5. The fourth-order valence-corrected chi connectivity index (χ4v) is 3.21. The summed E-state index contributed by atoms with van der Waals surface area (Å²) in [4.78, 5) is 37.9. The first-order chi connectivity index (χ1) is 11.6. The molecule has 0 spiro atoms. The summed E-state index contributed by atoms with van der Waals surface area (Å²) in [6.45, 7) is 0.106. The molecule has 3 rings (SSSR count). The monoisotopic (exact) mass is 328 g/mol. The van der Waals surface area contributed by atoms with Crippen molar-refractivity contribution in [2.75, 3.05) is 13.7 Å². The number of rotatable bonds is 5. The Morgan fingerprint density at radius 3 is 2.50 bits per heavy atom. The largest absolute Gasteiger partial charge is 0.497 e. The van der Waals surface area contributed by atoms with Crippen LogP contribution in [0, 0.1) is 11.8 Å². The second-order valence-corrected chi connectivity index (χ2v) is 6.05. The molecule has 1 saturated heterocycles. The van der Waals surface area contributed by atoms with Crippen molar-refractivity contribution in [3.05, 3.63) is 42.0 Å². The molecule has 1 aromatic carbocycles. The predicted octanol–water partition coefficient (Wildman–Crippen LogP) is 1.26. The molecule has 0 unspecified atom stereocenters. The van der Waals surface area contributed by atoms with Crippen LogP contribution in [0.1, 0.15) is 18.4 Å². The lowest BCUT2D eigenvalue weighted by atomic mass is 9.85. The molecule has 126 valence electrons. The number of amides is 3. The quantitative estimate of drug-likeness (QED) is 0.652. The molecule has 0 saturated carbocycles. The molecule has 0 bridgehead atoms. The molecule has 0 aromatic heterocycles. The Kier molecular flexibility index (Phi) is 4.64. The summed E-state index contributed by atoms with van der Waals surface area (Å²) in [6.07, 6.45) is 5.02. The van der Waals surface area contributed by atoms with E-state index in [9.17, 15) is 14.4 Å². The molecule has 2 atom stereocenters. The predicted molar refractivity (Wildman–Crippen MR) is 86.9 cm³/mol. The fraction of sp³-hybridized carbons (Fsp3) is 0.389. The van der Waals surface area contributed by atoms with Crippen molar-refractivity contribution in [3.63, 3.8) is 0 Å². The number of hydrogen-bond acceptors (Lipinski definition) is 4. The SMILES string of the molecule is COc1cccc(CNC(=O)CN2C(=O)[C@H]3CC=CC[C@@H]3C2=O)c1. The smallest absolute Gasteiger partial charge is 0.240 e. The Morgan fingerprint density at radius 1 is 1.21 bits per heavy atom. The first-order valence-electron chi connectivity index (χ1n) is 8.00. The molecule has 1 heterocycles. The first kappa shape index (κ1) is 16.2. The average molecular weight is 328 g/mol. The van der Waals surface area contributed by atoms with E-state index in [0.29, 0.717) is 25.1 Å². The maximum atomic E-state index is 12.3. The molecule has 1 N–H and O–H groups in total. The number of benzene rings is 1. The molecule has 1 aliphatic carbocycles. The van der Waals surface area contributed by atoms with Gasteiger partial charge >= 0.3 is 0 Å². The molecule has 0 radical (unpaired) electrons. The van der Waals surface area contributed by atoms with Crippen LogP contribution in [-0.4, -0.2) is 36.3 Å². The third-order valence-corrected chi connectivity index (χ3v) is 4.52. The van der Waals surface area contributed by atoms with Gasteiger partial charge in [-0.3, -0.25) is 19.3 Å². The molecular formula is C18H20N2O4. The third kappa shape index (κ3) is 3.18. The van der Waals surface area contributed by atoms with Crippen molar-refractivity contribution in [1.82, 2.24) is 10.2 Å². The van der Waals surface area contributed by atoms with Gasteiger partial charge in [-0.05, 0) is 30.5 Å². The minimum Gasteiger partial charge on any atom is -0.497 e. The van der Waals surface area contributed by atoms with Crippen molar-refractivity contribution in [3.8, 4) is 5.75 Å². The van der Waals surface area contributed by atoms with E-state index in [2.05, 4.69) is 5.32 Å². The summed E-state index contributed by atoms with van der Waals surface area (Å²) in [5.74, 6) is -0.687. The van der Waals surface area contributed by atoms with Crippen LogP contribution in [0.2, 0.25) is 0 Å². The Bertz CT molecular complexity index is 672. The summed E-state index contributed by atoms with van der Waals surface area (Å²) >= 11 is 0. The van der Waals surface area contributed by atoms with Gasteiger partial charge in [-0.15, -0.1) is 0 Å². The lowest BCUT2D eigenvalue weighted by Crippen LogP contribution is -2.40. The number of methoxy groups -OCH3 is 1. The summed E-state index contributed by atoms with van der Waals surface area (Å²) in [5, 5.41) is 2.74. The number of nitrogens with zero attached hydrogens (tertiary/aromatic N) is 1. The first-order valence-corrected chi connectivity index (χ1v) is 8.00. The van der Waals surface area contributed by atoms with Gasteiger partial charge in [0, 0.05) is 6.54 Å². The number of hydrogen-bond donors (Lipinski definition) is 1. The van der Waals surface area contributed by atoms with Crippen molar-refractivity contribution in [2.45, 2.75) is 19.4 Å². The summed E-state index contributed by atoms with van der Waals surface area (Å²) in [5.41, 5.74) is 0.889. The van der Waals surface area contributed by atoms with E-state index in [1.54, 1.807) is 7.11 Å². The molecular weight excluding hydrogens is 308 g/mol. The molecule has 6 heteroatoms. The van der Waals surface area contributed by atoms with E-state index >= 15 is 0 Å².